The first-order valence-electron chi connectivity index (χ1n) is 5.34. The highest BCUT2D eigenvalue weighted by Gasteiger charge is 2.07. The maximum absolute atomic E-state index is 4.53. The summed E-state index contributed by atoms with van der Waals surface area (Å²) in [5.74, 6) is 0. The van der Waals surface area contributed by atoms with Crippen molar-refractivity contribution in [1.29, 1.82) is 0 Å². The van der Waals surface area contributed by atoms with Crippen molar-refractivity contribution < 1.29 is 0 Å². The molecule has 1 aromatic heterocycles. The molecule has 2 rings (SSSR count). The monoisotopic (exact) mass is 311 g/mol. The van der Waals surface area contributed by atoms with Gasteiger partial charge in [0, 0.05) is 21.6 Å². The second kappa shape index (κ2) is 5.62. The fourth-order valence-electron chi connectivity index (χ4n) is 1.35. The molecule has 2 aromatic rings. The van der Waals surface area contributed by atoms with Crippen LogP contribution >= 0.6 is 27.3 Å². The van der Waals surface area contributed by atoms with Crippen LogP contribution in [0, 0.1) is 0 Å². The second-order valence-corrected chi connectivity index (χ2v) is 5.49. The Balaban J connectivity index is 2.08. The topological polar surface area (TPSA) is 37.0 Å². The Kier molecular flexibility index (Phi) is 4.15. The molecule has 0 amide bonds. The first-order valence-corrected chi connectivity index (χ1v) is 7.01. The van der Waals surface area contributed by atoms with E-state index in [0.29, 0.717) is 0 Å². The molecule has 0 saturated carbocycles. The van der Waals surface area contributed by atoms with Crippen LogP contribution in [0.2, 0.25) is 0 Å². The molecule has 1 unspecified atom stereocenters. The lowest BCUT2D eigenvalue weighted by molar-refractivity contribution is 0.637. The second-order valence-electron chi connectivity index (χ2n) is 3.72. The van der Waals surface area contributed by atoms with E-state index < -0.39 is 0 Å². The highest BCUT2D eigenvalue weighted by Crippen LogP contribution is 2.24. The molecule has 3 nitrogen and oxygen atoms in total. The quantitative estimate of drug-likeness (QED) is 0.898. The molecular weight excluding hydrogens is 298 g/mol. The van der Waals surface area contributed by atoms with Crippen molar-refractivity contribution in [3.8, 4) is 0 Å². The van der Waals surface area contributed by atoms with Crippen LogP contribution in [0.15, 0.2) is 34.1 Å². The van der Waals surface area contributed by atoms with E-state index in [1.54, 1.807) is 11.3 Å². The molecule has 5 heteroatoms. The first-order chi connectivity index (χ1) is 8.19. The Bertz CT molecular complexity index is 481. The fourth-order valence-corrected chi connectivity index (χ4v) is 2.44. The predicted molar refractivity (Wildman–Crippen MR) is 77.0 cm³/mol. The molecule has 0 saturated heterocycles. The molecule has 0 radical (unpaired) electrons. The smallest absolute Gasteiger partial charge is 0.187 e. The molecule has 17 heavy (non-hydrogen) atoms. The minimum atomic E-state index is 0.284. The lowest BCUT2D eigenvalue weighted by atomic mass is 10.3. The van der Waals surface area contributed by atoms with Crippen molar-refractivity contribution in [3.05, 3.63) is 39.8 Å². The summed E-state index contributed by atoms with van der Waals surface area (Å²) in [6, 6.07) is 8.34. The maximum atomic E-state index is 4.53. The number of nitrogens with one attached hydrogen (secondary N) is 2. The van der Waals surface area contributed by atoms with Crippen LogP contribution in [-0.2, 0) is 0 Å². The number of anilines is 2. The minimum Gasteiger partial charge on any atom is -0.332 e. The lowest BCUT2D eigenvalue weighted by Gasteiger charge is -2.05. The number of aromatic nitrogens is 1. The zero-order valence-corrected chi connectivity index (χ0v) is 12.1. The van der Waals surface area contributed by atoms with E-state index in [0.717, 1.165) is 21.0 Å². The first kappa shape index (κ1) is 12.5. The summed E-state index contributed by atoms with van der Waals surface area (Å²) < 4.78 is 1.08. The third-order valence-corrected chi connectivity index (χ3v) is 3.80. The normalized spacial score (nSPS) is 12.4. The minimum absolute atomic E-state index is 0.284. The van der Waals surface area contributed by atoms with Crippen molar-refractivity contribution in [2.75, 3.05) is 12.4 Å². The van der Waals surface area contributed by atoms with Gasteiger partial charge in [0.05, 0.1) is 5.69 Å². The third kappa shape index (κ3) is 3.28. The van der Waals surface area contributed by atoms with Crippen molar-refractivity contribution in [2.24, 2.45) is 0 Å². The van der Waals surface area contributed by atoms with Crippen molar-refractivity contribution in [3.63, 3.8) is 0 Å². The van der Waals surface area contributed by atoms with Crippen LogP contribution < -0.4 is 10.6 Å². The lowest BCUT2D eigenvalue weighted by Crippen LogP contribution is -2.12. The zero-order valence-electron chi connectivity index (χ0n) is 9.70. The summed E-state index contributed by atoms with van der Waals surface area (Å²) in [7, 11) is 1.94. The molecule has 1 atom stereocenters. The molecule has 90 valence electrons. The highest BCUT2D eigenvalue weighted by molar-refractivity contribution is 9.10. The van der Waals surface area contributed by atoms with Crippen LogP contribution in [0.4, 0.5) is 10.8 Å². The van der Waals surface area contributed by atoms with Crippen LogP contribution in [-0.4, -0.2) is 12.0 Å². The van der Waals surface area contributed by atoms with Gasteiger partial charge in [0.15, 0.2) is 5.13 Å². The largest absolute Gasteiger partial charge is 0.332 e. The van der Waals surface area contributed by atoms with Gasteiger partial charge in [-0.1, -0.05) is 15.9 Å². The summed E-state index contributed by atoms with van der Waals surface area (Å²) in [4.78, 5) is 4.53. The molecule has 1 heterocycles. The van der Waals surface area contributed by atoms with Crippen molar-refractivity contribution >= 4 is 38.1 Å². The molecule has 0 spiro atoms. The molecule has 0 aliphatic heterocycles. The van der Waals surface area contributed by atoms with Crippen molar-refractivity contribution in [1.82, 2.24) is 10.3 Å². The Morgan fingerprint density at radius 1 is 1.29 bits per heavy atom. The molecule has 0 aliphatic rings. The number of hydrogen-bond acceptors (Lipinski definition) is 4. The van der Waals surface area contributed by atoms with E-state index in [9.17, 15) is 0 Å². The molecular formula is C12H14BrN3S. The van der Waals surface area contributed by atoms with Gasteiger partial charge in [-0.15, -0.1) is 11.3 Å². The highest BCUT2D eigenvalue weighted by atomic mass is 79.9. The summed E-state index contributed by atoms with van der Waals surface area (Å²) in [6.07, 6.45) is 0. The number of rotatable bonds is 4. The van der Waals surface area contributed by atoms with Gasteiger partial charge in [0.25, 0.3) is 0 Å². The van der Waals surface area contributed by atoms with Gasteiger partial charge in [-0.3, -0.25) is 0 Å². The molecule has 0 bridgehead atoms. The average Bonchev–Trinajstić information content (AvgIpc) is 2.80. The van der Waals surface area contributed by atoms with Gasteiger partial charge in [-0.05, 0) is 38.2 Å². The summed E-state index contributed by atoms with van der Waals surface area (Å²) in [6.45, 7) is 2.10. The van der Waals surface area contributed by atoms with Crippen LogP contribution in [0.3, 0.4) is 0 Å². The van der Waals surface area contributed by atoms with E-state index in [1.807, 2.05) is 31.3 Å². The Hall–Kier alpha value is -0.910. The molecule has 0 fully saturated rings. The Labute approximate surface area is 113 Å². The standard InChI is InChI=1S/C12H14BrN3S/c1-8(14-2)11-7-17-12(16-11)15-10-5-3-9(13)4-6-10/h3-8,14H,1-2H3,(H,15,16). The van der Waals surface area contributed by atoms with E-state index >= 15 is 0 Å². The van der Waals surface area contributed by atoms with E-state index in [2.05, 4.69) is 43.9 Å². The zero-order chi connectivity index (χ0) is 12.3. The van der Waals surface area contributed by atoms with Gasteiger partial charge in [0.1, 0.15) is 0 Å². The molecule has 2 N–H and O–H groups in total. The van der Waals surface area contributed by atoms with E-state index in [1.165, 1.54) is 0 Å². The van der Waals surface area contributed by atoms with E-state index in [-0.39, 0.29) is 6.04 Å². The Morgan fingerprint density at radius 3 is 2.65 bits per heavy atom. The number of benzene rings is 1. The van der Waals surface area contributed by atoms with Gasteiger partial charge >= 0.3 is 0 Å². The average molecular weight is 312 g/mol. The van der Waals surface area contributed by atoms with Gasteiger partial charge in [-0.25, -0.2) is 4.98 Å². The van der Waals surface area contributed by atoms with Gasteiger partial charge in [-0.2, -0.15) is 0 Å². The van der Waals surface area contributed by atoms with Crippen LogP contribution in [0.25, 0.3) is 0 Å². The summed E-state index contributed by atoms with van der Waals surface area (Å²) in [5.41, 5.74) is 2.11. The molecule has 0 aliphatic carbocycles. The number of halogens is 1. The van der Waals surface area contributed by atoms with Gasteiger partial charge < -0.3 is 10.6 Å². The van der Waals surface area contributed by atoms with Crippen LogP contribution in [0.1, 0.15) is 18.7 Å². The van der Waals surface area contributed by atoms with Crippen LogP contribution in [0.5, 0.6) is 0 Å². The predicted octanol–water partition coefficient (Wildman–Crippen LogP) is 3.93. The maximum Gasteiger partial charge on any atom is 0.187 e. The summed E-state index contributed by atoms with van der Waals surface area (Å²) in [5, 5.41) is 9.46. The van der Waals surface area contributed by atoms with Gasteiger partial charge in [0.2, 0.25) is 0 Å². The number of hydrogen-bond donors (Lipinski definition) is 2. The SMILES string of the molecule is CNC(C)c1csc(Nc2ccc(Br)cc2)n1. The van der Waals surface area contributed by atoms with E-state index in [4.69, 9.17) is 0 Å². The third-order valence-electron chi connectivity index (χ3n) is 2.49. The number of thiazole rings is 1. The molecule has 1 aromatic carbocycles. The summed E-state index contributed by atoms with van der Waals surface area (Å²) >= 11 is 5.03. The number of nitrogens with zero attached hydrogens (tertiary/aromatic N) is 1. The fraction of sp³-hybridized carbons (Fsp3) is 0.250. The Morgan fingerprint density at radius 2 is 2.00 bits per heavy atom. The van der Waals surface area contributed by atoms with Crippen molar-refractivity contribution in [2.45, 2.75) is 13.0 Å².